The number of halogens is 2. The maximum Gasteiger partial charge on any atom is 0.124 e. The first kappa shape index (κ1) is 13.9. The predicted molar refractivity (Wildman–Crippen MR) is 79.2 cm³/mol. The van der Waals surface area contributed by atoms with E-state index in [0.717, 1.165) is 14.9 Å². The molecule has 0 aliphatic heterocycles. The summed E-state index contributed by atoms with van der Waals surface area (Å²) in [6, 6.07) is 11.9. The fourth-order valence-electron chi connectivity index (χ4n) is 1.58. The molecule has 2 rings (SSSR count). The standard InChI is InChI=1S/C14H10BrFN2S/c15-11-2-4-14(13(18)6-11)19-8-9-1-3-12(16)5-10(9)7-17/h1-6H,8,18H2. The summed E-state index contributed by atoms with van der Waals surface area (Å²) < 4.78 is 13.9. The summed E-state index contributed by atoms with van der Waals surface area (Å²) in [6.07, 6.45) is 0. The van der Waals surface area contributed by atoms with Crippen LogP contribution >= 0.6 is 27.7 Å². The molecule has 0 radical (unpaired) electrons. The molecule has 19 heavy (non-hydrogen) atoms. The quantitative estimate of drug-likeness (QED) is 0.670. The lowest BCUT2D eigenvalue weighted by molar-refractivity contribution is 0.627. The maximum atomic E-state index is 13.0. The highest BCUT2D eigenvalue weighted by Crippen LogP contribution is 2.31. The molecular weight excluding hydrogens is 327 g/mol. The van der Waals surface area contributed by atoms with Crippen molar-refractivity contribution in [3.05, 3.63) is 57.8 Å². The van der Waals surface area contributed by atoms with Crippen LogP contribution in [0.25, 0.3) is 0 Å². The van der Waals surface area contributed by atoms with E-state index in [1.54, 1.807) is 6.07 Å². The highest BCUT2D eigenvalue weighted by Gasteiger charge is 2.06. The van der Waals surface area contributed by atoms with Crippen LogP contribution in [0.2, 0.25) is 0 Å². The van der Waals surface area contributed by atoms with Crippen LogP contribution in [-0.2, 0) is 5.75 Å². The molecule has 0 amide bonds. The summed E-state index contributed by atoms with van der Waals surface area (Å²) in [5.41, 5.74) is 7.75. The molecule has 0 aliphatic rings. The number of anilines is 1. The summed E-state index contributed by atoms with van der Waals surface area (Å²) >= 11 is 4.87. The van der Waals surface area contributed by atoms with E-state index < -0.39 is 5.82 Å². The zero-order valence-corrected chi connectivity index (χ0v) is 12.3. The van der Waals surface area contributed by atoms with Crippen molar-refractivity contribution in [3.63, 3.8) is 0 Å². The molecule has 0 saturated heterocycles. The van der Waals surface area contributed by atoms with Gasteiger partial charge in [-0.15, -0.1) is 11.8 Å². The third-order valence-electron chi connectivity index (χ3n) is 2.55. The third-order valence-corrected chi connectivity index (χ3v) is 4.18. The average Bonchev–Trinajstić information content (AvgIpc) is 2.39. The van der Waals surface area contributed by atoms with Crippen LogP contribution in [0.4, 0.5) is 10.1 Å². The zero-order valence-electron chi connectivity index (χ0n) is 9.86. The first-order chi connectivity index (χ1) is 9.10. The molecule has 0 aromatic heterocycles. The number of nitrogens with zero attached hydrogens (tertiary/aromatic N) is 1. The number of nitrogen functional groups attached to an aromatic ring is 1. The molecular formula is C14H10BrFN2S. The topological polar surface area (TPSA) is 49.8 Å². The van der Waals surface area contributed by atoms with E-state index in [1.807, 2.05) is 24.3 Å². The van der Waals surface area contributed by atoms with Gasteiger partial charge in [-0.25, -0.2) is 4.39 Å². The lowest BCUT2D eigenvalue weighted by atomic mass is 10.1. The van der Waals surface area contributed by atoms with Crippen LogP contribution in [0, 0.1) is 17.1 Å². The van der Waals surface area contributed by atoms with E-state index in [1.165, 1.54) is 23.9 Å². The normalized spacial score (nSPS) is 10.2. The SMILES string of the molecule is N#Cc1cc(F)ccc1CSc1ccc(Br)cc1N. The van der Waals surface area contributed by atoms with Gasteiger partial charge in [-0.1, -0.05) is 22.0 Å². The van der Waals surface area contributed by atoms with Gasteiger partial charge in [0.05, 0.1) is 11.6 Å². The van der Waals surface area contributed by atoms with Gasteiger partial charge in [0.2, 0.25) is 0 Å². The van der Waals surface area contributed by atoms with Gasteiger partial charge in [-0.2, -0.15) is 5.26 Å². The van der Waals surface area contributed by atoms with Gasteiger partial charge >= 0.3 is 0 Å². The molecule has 2 nitrogen and oxygen atoms in total. The fraction of sp³-hybridized carbons (Fsp3) is 0.0714. The number of nitrogens with two attached hydrogens (primary N) is 1. The Bertz CT molecular complexity index is 652. The molecule has 96 valence electrons. The van der Waals surface area contributed by atoms with Crippen LogP contribution in [0.5, 0.6) is 0 Å². The summed E-state index contributed by atoms with van der Waals surface area (Å²) in [4.78, 5) is 0.941. The Labute approximate surface area is 123 Å². The van der Waals surface area contributed by atoms with Crippen LogP contribution < -0.4 is 5.73 Å². The van der Waals surface area contributed by atoms with Crippen molar-refractivity contribution in [1.29, 1.82) is 5.26 Å². The van der Waals surface area contributed by atoms with Crippen molar-refractivity contribution in [2.24, 2.45) is 0 Å². The van der Waals surface area contributed by atoms with E-state index in [-0.39, 0.29) is 0 Å². The first-order valence-electron chi connectivity index (χ1n) is 5.46. The smallest absolute Gasteiger partial charge is 0.124 e. The molecule has 0 bridgehead atoms. The zero-order chi connectivity index (χ0) is 13.8. The second-order valence-corrected chi connectivity index (χ2v) is 5.82. The molecule has 2 N–H and O–H groups in total. The fourth-order valence-corrected chi connectivity index (χ4v) is 2.92. The van der Waals surface area contributed by atoms with Gasteiger partial charge in [-0.05, 0) is 35.9 Å². The van der Waals surface area contributed by atoms with E-state index in [0.29, 0.717) is 17.0 Å². The highest BCUT2D eigenvalue weighted by molar-refractivity contribution is 9.10. The first-order valence-corrected chi connectivity index (χ1v) is 7.24. The highest BCUT2D eigenvalue weighted by atomic mass is 79.9. The largest absolute Gasteiger partial charge is 0.398 e. The third kappa shape index (κ3) is 3.49. The lowest BCUT2D eigenvalue weighted by Crippen LogP contribution is -1.92. The number of thioether (sulfide) groups is 1. The van der Waals surface area contributed by atoms with Crippen molar-refractivity contribution >= 4 is 33.4 Å². The number of hydrogen-bond acceptors (Lipinski definition) is 3. The average molecular weight is 337 g/mol. The summed E-state index contributed by atoms with van der Waals surface area (Å²) in [7, 11) is 0. The molecule has 0 aliphatic carbocycles. The molecule has 0 atom stereocenters. The van der Waals surface area contributed by atoms with Crippen molar-refractivity contribution < 1.29 is 4.39 Å². The lowest BCUT2D eigenvalue weighted by Gasteiger charge is -2.07. The van der Waals surface area contributed by atoms with E-state index in [9.17, 15) is 4.39 Å². The number of hydrogen-bond donors (Lipinski definition) is 1. The monoisotopic (exact) mass is 336 g/mol. The second-order valence-electron chi connectivity index (χ2n) is 3.88. The molecule has 2 aromatic carbocycles. The van der Waals surface area contributed by atoms with Crippen LogP contribution in [-0.4, -0.2) is 0 Å². The Morgan fingerprint density at radius 3 is 2.74 bits per heavy atom. The molecule has 0 saturated carbocycles. The molecule has 0 spiro atoms. The van der Waals surface area contributed by atoms with E-state index >= 15 is 0 Å². The van der Waals surface area contributed by atoms with Gasteiger partial charge in [0.1, 0.15) is 5.82 Å². The predicted octanol–water partition coefficient (Wildman–Crippen LogP) is 4.33. The van der Waals surface area contributed by atoms with Gasteiger partial charge < -0.3 is 5.73 Å². The van der Waals surface area contributed by atoms with Gasteiger partial charge in [0, 0.05) is 20.8 Å². The number of rotatable bonds is 3. The summed E-state index contributed by atoms with van der Waals surface area (Å²) in [5.74, 6) is 0.183. The number of benzene rings is 2. The Balaban J connectivity index is 2.17. The van der Waals surface area contributed by atoms with Crippen molar-refractivity contribution in [3.8, 4) is 6.07 Å². The summed E-state index contributed by atoms with van der Waals surface area (Å²) in [5, 5.41) is 8.97. The summed E-state index contributed by atoms with van der Waals surface area (Å²) in [6.45, 7) is 0. The molecule has 0 heterocycles. The van der Waals surface area contributed by atoms with Crippen LogP contribution in [0.15, 0.2) is 45.8 Å². The van der Waals surface area contributed by atoms with Crippen molar-refractivity contribution in [2.45, 2.75) is 10.6 Å². The van der Waals surface area contributed by atoms with Gasteiger partial charge in [0.25, 0.3) is 0 Å². The Hall–Kier alpha value is -1.51. The minimum absolute atomic E-state index is 0.364. The van der Waals surface area contributed by atoms with E-state index in [2.05, 4.69) is 15.9 Å². The minimum Gasteiger partial charge on any atom is -0.398 e. The van der Waals surface area contributed by atoms with Crippen LogP contribution in [0.3, 0.4) is 0 Å². The Kier molecular flexibility index (Phi) is 4.46. The Morgan fingerprint density at radius 2 is 2.05 bits per heavy atom. The van der Waals surface area contributed by atoms with Crippen molar-refractivity contribution in [2.75, 3.05) is 5.73 Å². The Morgan fingerprint density at radius 1 is 1.26 bits per heavy atom. The number of nitriles is 1. The molecule has 0 unspecified atom stereocenters. The maximum absolute atomic E-state index is 13.0. The molecule has 0 fully saturated rings. The minimum atomic E-state index is -0.395. The van der Waals surface area contributed by atoms with Crippen molar-refractivity contribution in [1.82, 2.24) is 0 Å². The van der Waals surface area contributed by atoms with Gasteiger partial charge in [0.15, 0.2) is 0 Å². The van der Waals surface area contributed by atoms with Crippen LogP contribution in [0.1, 0.15) is 11.1 Å². The second kappa shape index (κ2) is 6.09. The van der Waals surface area contributed by atoms with E-state index in [4.69, 9.17) is 11.0 Å². The molecule has 2 aromatic rings. The molecule has 5 heteroatoms. The van der Waals surface area contributed by atoms with Gasteiger partial charge in [-0.3, -0.25) is 0 Å².